The third kappa shape index (κ3) is 3.34. The van der Waals surface area contributed by atoms with E-state index >= 15 is 0 Å². The predicted octanol–water partition coefficient (Wildman–Crippen LogP) is 2.22. The molecule has 0 aromatic carbocycles. The van der Waals surface area contributed by atoms with Gasteiger partial charge in [0.05, 0.1) is 5.69 Å². The molecule has 0 saturated carbocycles. The summed E-state index contributed by atoms with van der Waals surface area (Å²) in [6.45, 7) is 12.8. The van der Waals surface area contributed by atoms with Gasteiger partial charge in [-0.05, 0) is 34.6 Å². The maximum atomic E-state index is 5.74. The van der Waals surface area contributed by atoms with Crippen LogP contribution in [-0.2, 0) is 15.9 Å². The van der Waals surface area contributed by atoms with Gasteiger partial charge in [-0.2, -0.15) is 0 Å². The first kappa shape index (κ1) is 17.4. The smallest absolute Gasteiger partial charge is 0.130 e. The Balaban J connectivity index is 2.44. The standard InChI is InChI=1S/C16H30N4O2/c1-11(2)20-12-8-9-19(16(3,4)5)10-13(21-6)15(22-7)14(12)17-18-20/h11,13,15H,8-10H2,1-7H3. The molecule has 0 fully saturated rings. The molecule has 2 rings (SSSR count). The van der Waals surface area contributed by atoms with E-state index < -0.39 is 0 Å². The maximum absolute atomic E-state index is 5.74. The molecule has 1 aliphatic rings. The Hall–Kier alpha value is -0.980. The number of ether oxygens (including phenoxy) is 2. The van der Waals surface area contributed by atoms with Crippen molar-refractivity contribution in [2.45, 2.75) is 64.8 Å². The summed E-state index contributed by atoms with van der Waals surface area (Å²) in [4.78, 5) is 2.45. The van der Waals surface area contributed by atoms with E-state index in [1.54, 1.807) is 14.2 Å². The first-order valence-electron chi connectivity index (χ1n) is 8.04. The molecule has 6 heteroatoms. The maximum Gasteiger partial charge on any atom is 0.130 e. The molecule has 2 unspecified atom stereocenters. The lowest BCUT2D eigenvalue weighted by molar-refractivity contribution is -0.0682. The summed E-state index contributed by atoms with van der Waals surface area (Å²) in [5, 5.41) is 8.75. The van der Waals surface area contributed by atoms with Crippen molar-refractivity contribution in [1.82, 2.24) is 19.9 Å². The van der Waals surface area contributed by atoms with Crippen LogP contribution in [-0.4, -0.2) is 58.8 Å². The van der Waals surface area contributed by atoms with Gasteiger partial charge in [-0.15, -0.1) is 5.10 Å². The van der Waals surface area contributed by atoms with Gasteiger partial charge in [-0.1, -0.05) is 5.21 Å². The van der Waals surface area contributed by atoms with Crippen molar-refractivity contribution < 1.29 is 9.47 Å². The van der Waals surface area contributed by atoms with Gasteiger partial charge in [-0.25, -0.2) is 4.68 Å². The fraction of sp³-hybridized carbons (Fsp3) is 0.875. The monoisotopic (exact) mass is 310 g/mol. The molecular weight excluding hydrogens is 280 g/mol. The molecule has 0 bridgehead atoms. The minimum Gasteiger partial charge on any atom is -0.377 e. The molecule has 0 spiro atoms. The van der Waals surface area contributed by atoms with Gasteiger partial charge >= 0.3 is 0 Å². The summed E-state index contributed by atoms with van der Waals surface area (Å²) in [5.41, 5.74) is 2.18. The van der Waals surface area contributed by atoms with Crippen molar-refractivity contribution in [2.24, 2.45) is 0 Å². The fourth-order valence-electron chi connectivity index (χ4n) is 3.10. The molecular formula is C16H30N4O2. The second-order valence-corrected chi connectivity index (χ2v) is 7.26. The van der Waals surface area contributed by atoms with Crippen molar-refractivity contribution in [2.75, 3.05) is 27.3 Å². The number of methoxy groups -OCH3 is 2. The lowest BCUT2D eigenvalue weighted by Gasteiger charge is -2.40. The Morgan fingerprint density at radius 3 is 2.36 bits per heavy atom. The molecule has 2 heterocycles. The molecule has 126 valence electrons. The molecule has 0 saturated heterocycles. The van der Waals surface area contributed by atoms with Crippen LogP contribution < -0.4 is 0 Å². The largest absolute Gasteiger partial charge is 0.377 e. The number of rotatable bonds is 3. The molecule has 0 N–H and O–H groups in total. The van der Waals surface area contributed by atoms with Crippen LogP contribution in [0.1, 0.15) is 58.2 Å². The van der Waals surface area contributed by atoms with E-state index in [1.807, 2.05) is 4.68 Å². The van der Waals surface area contributed by atoms with Gasteiger partial charge in [0.25, 0.3) is 0 Å². The topological polar surface area (TPSA) is 52.4 Å². The van der Waals surface area contributed by atoms with E-state index in [2.05, 4.69) is 49.8 Å². The summed E-state index contributed by atoms with van der Waals surface area (Å²) in [6, 6.07) is 0.289. The SMILES string of the molecule is COC1CN(C(C)(C)C)CCc2c(nnn2C(C)C)C1OC. The molecule has 6 nitrogen and oxygen atoms in total. The molecule has 1 aliphatic heterocycles. The highest BCUT2D eigenvalue weighted by Gasteiger charge is 2.36. The summed E-state index contributed by atoms with van der Waals surface area (Å²) in [6.07, 6.45) is 0.687. The van der Waals surface area contributed by atoms with Gasteiger partial charge < -0.3 is 9.47 Å². The van der Waals surface area contributed by atoms with Crippen LogP contribution in [0.4, 0.5) is 0 Å². The molecule has 0 amide bonds. The van der Waals surface area contributed by atoms with E-state index in [9.17, 15) is 0 Å². The summed E-state index contributed by atoms with van der Waals surface area (Å²) in [5.74, 6) is 0. The second-order valence-electron chi connectivity index (χ2n) is 7.26. The number of nitrogens with zero attached hydrogens (tertiary/aromatic N) is 4. The summed E-state index contributed by atoms with van der Waals surface area (Å²) in [7, 11) is 3.46. The van der Waals surface area contributed by atoms with Crippen LogP contribution in [0.15, 0.2) is 0 Å². The van der Waals surface area contributed by atoms with E-state index in [0.29, 0.717) is 0 Å². The van der Waals surface area contributed by atoms with Gasteiger partial charge in [0, 0.05) is 45.3 Å². The van der Waals surface area contributed by atoms with Crippen molar-refractivity contribution in [3.8, 4) is 0 Å². The molecule has 1 aromatic heterocycles. The zero-order valence-corrected chi connectivity index (χ0v) is 15.0. The summed E-state index contributed by atoms with van der Waals surface area (Å²) >= 11 is 0. The third-order valence-corrected chi connectivity index (χ3v) is 4.44. The predicted molar refractivity (Wildman–Crippen MR) is 86.0 cm³/mol. The lowest BCUT2D eigenvalue weighted by Crippen LogP contribution is -2.49. The lowest BCUT2D eigenvalue weighted by atomic mass is 9.98. The molecule has 0 aliphatic carbocycles. The molecule has 0 radical (unpaired) electrons. The number of fused-ring (bicyclic) bond motifs is 1. The van der Waals surface area contributed by atoms with Crippen molar-refractivity contribution in [3.05, 3.63) is 11.4 Å². The Labute approximate surface area is 133 Å². The number of aromatic nitrogens is 3. The average Bonchev–Trinajstić information content (AvgIpc) is 2.81. The highest BCUT2D eigenvalue weighted by Crippen LogP contribution is 2.30. The van der Waals surface area contributed by atoms with Crippen LogP contribution in [0.25, 0.3) is 0 Å². The van der Waals surface area contributed by atoms with Gasteiger partial charge in [-0.3, -0.25) is 4.90 Å². The van der Waals surface area contributed by atoms with Crippen molar-refractivity contribution in [3.63, 3.8) is 0 Å². The van der Waals surface area contributed by atoms with E-state index in [0.717, 1.165) is 30.9 Å². The second kappa shape index (κ2) is 6.64. The first-order chi connectivity index (χ1) is 10.3. The van der Waals surface area contributed by atoms with E-state index in [4.69, 9.17) is 9.47 Å². The number of hydrogen-bond acceptors (Lipinski definition) is 5. The summed E-state index contributed by atoms with van der Waals surface area (Å²) < 4.78 is 13.5. The third-order valence-electron chi connectivity index (χ3n) is 4.44. The van der Waals surface area contributed by atoms with Crippen LogP contribution in [0.3, 0.4) is 0 Å². The van der Waals surface area contributed by atoms with E-state index in [-0.39, 0.29) is 23.8 Å². The van der Waals surface area contributed by atoms with Crippen molar-refractivity contribution >= 4 is 0 Å². The zero-order chi connectivity index (χ0) is 16.5. The van der Waals surface area contributed by atoms with Crippen LogP contribution in [0.2, 0.25) is 0 Å². The van der Waals surface area contributed by atoms with Crippen molar-refractivity contribution in [1.29, 1.82) is 0 Å². The first-order valence-corrected chi connectivity index (χ1v) is 8.04. The Kier molecular flexibility index (Phi) is 5.25. The highest BCUT2D eigenvalue weighted by atomic mass is 16.5. The zero-order valence-electron chi connectivity index (χ0n) is 15.0. The minimum absolute atomic E-state index is 0.0550. The normalized spacial score (nSPS) is 24.2. The average molecular weight is 310 g/mol. The van der Waals surface area contributed by atoms with Gasteiger partial charge in [0.15, 0.2) is 0 Å². The number of hydrogen-bond donors (Lipinski definition) is 0. The quantitative estimate of drug-likeness (QED) is 0.857. The molecule has 1 aromatic rings. The fourth-order valence-corrected chi connectivity index (χ4v) is 3.10. The van der Waals surface area contributed by atoms with Crippen LogP contribution in [0, 0.1) is 0 Å². The van der Waals surface area contributed by atoms with Gasteiger partial charge in [0.1, 0.15) is 17.9 Å². The molecule has 22 heavy (non-hydrogen) atoms. The Morgan fingerprint density at radius 1 is 1.18 bits per heavy atom. The molecule has 2 atom stereocenters. The van der Waals surface area contributed by atoms with Crippen LogP contribution in [0.5, 0.6) is 0 Å². The van der Waals surface area contributed by atoms with E-state index in [1.165, 1.54) is 0 Å². The van der Waals surface area contributed by atoms with Gasteiger partial charge in [0.2, 0.25) is 0 Å². The van der Waals surface area contributed by atoms with Crippen LogP contribution >= 0.6 is 0 Å². The Bertz CT molecular complexity index is 493. The highest BCUT2D eigenvalue weighted by molar-refractivity contribution is 5.18. The Morgan fingerprint density at radius 2 is 1.86 bits per heavy atom. The minimum atomic E-state index is -0.183.